The van der Waals surface area contributed by atoms with E-state index in [9.17, 15) is 9.90 Å². The van der Waals surface area contributed by atoms with Gasteiger partial charge >= 0.3 is 5.97 Å². The fourth-order valence-electron chi connectivity index (χ4n) is 6.49. The normalized spacial score (nSPS) is 30.0. The van der Waals surface area contributed by atoms with Crippen molar-refractivity contribution < 1.29 is 15.0 Å². The summed E-state index contributed by atoms with van der Waals surface area (Å²) in [4.78, 5) is 10.6. The Morgan fingerprint density at radius 1 is 0.931 bits per heavy atom. The van der Waals surface area contributed by atoms with E-state index < -0.39 is 5.97 Å². The number of nitrogens with one attached hydrogen (secondary N) is 1. The van der Waals surface area contributed by atoms with E-state index in [0.717, 1.165) is 46.3 Å². The van der Waals surface area contributed by atoms with E-state index in [1.54, 1.807) is 6.08 Å². The first-order valence-electron chi connectivity index (χ1n) is 10.6. The van der Waals surface area contributed by atoms with Gasteiger partial charge in [-0.05, 0) is 104 Å². The molecule has 3 N–H and O–H groups in total. The lowest BCUT2D eigenvalue weighted by atomic mass is 9.48. The first kappa shape index (κ1) is 18.3. The zero-order valence-corrected chi connectivity index (χ0v) is 16.5. The van der Waals surface area contributed by atoms with E-state index >= 15 is 0 Å². The molecule has 4 aliphatic carbocycles. The molecule has 4 heteroatoms. The minimum Gasteiger partial charge on any atom is -0.508 e. The maximum absolute atomic E-state index is 10.7. The van der Waals surface area contributed by atoms with Crippen LogP contribution in [0.1, 0.15) is 49.7 Å². The quantitative estimate of drug-likeness (QED) is 0.453. The molecule has 0 heterocycles. The van der Waals surface area contributed by atoms with Crippen LogP contribution in [0.5, 0.6) is 5.75 Å². The highest BCUT2D eigenvalue weighted by atomic mass is 16.4. The number of hydrogen-bond acceptors (Lipinski definition) is 3. The summed E-state index contributed by atoms with van der Waals surface area (Å²) in [6.45, 7) is 0. The summed E-state index contributed by atoms with van der Waals surface area (Å²) in [7, 11) is 0. The van der Waals surface area contributed by atoms with Gasteiger partial charge in [0.1, 0.15) is 5.75 Å². The molecule has 2 aromatic carbocycles. The van der Waals surface area contributed by atoms with Crippen molar-refractivity contribution in [1.29, 1.82) is 0 Å². The molecule has 0 spiro atoms. The van der Waals surface area contributed by atoms with Gasteiger partial charge in [-0.2, -0.15) is 0 Å². The number of carbonyl (C=O) groups is 1. The molecule has 4 saturated carbocycles. The summed E-state index contributed by atoms with van der Waals surface area (Å²) in [5.74, 6) is 2.00. The van der Waals surface area contributed by atoms with Gasteiger partial charge in [-0.15, -0.1) is 0 Å². The van der Waals surface area contributed by atoms with E-state index in [1.165, 1.54) is 38.5 Å². The second-order valence-electron chi connectivity index (χ2n) is 9.35. The lowest BCUT2D eigenvalue weighted by molar-refractivity contribution is -0.131. The van der Waals surface area contributed by atoms with Crippen LogP contribution in [0.25, 0.3) is 6.08 Å². The fourth-order valence-corrected chi connectivity index (χ4v) is 6.49. The summed E-state index contributed by atoms with van der Waals surface area (Å²) in [6, 6.07) is 13.6. The van der Waals surface area contributed by atoms with E-state index in [4.69, 9.17) is 5.11 Å². The van der Waals surface area contributed by atoms with E-state index in [0.29, 0.717) is 5.75 Å². The van der Waals surface area contributed by atoms with Gasteiger partial charge in [0.05, 0.1) is 0 Å². The Morgan fingerprint density at radius 2 is 1.52 bits per heavy atom. The maximum atomic E-state index is 10.7. The van der Waals surface area contributed by atoms with Gasteiger partial charge in [-0.1, -0.05) is 12.1 Å². The van der Waals surface area contributed by atoms with Gasteiger partial charge in [0.15, 0.2) is 0 Å². The van der Waals surface area contributed by atoms with Gasteiger partial charge < -0.3 is 15.5 Å². The highest BCUT2D eigenvalue weighted by molar-refractivity contribution is 5.85. The molecule has 0 atom stereocenters. The van der Waals surface area contributed by atoms with Gasteiger partial charge in [-0.3, -0.25) is 0 Å². The Bertz CT molecular complexity index is 925. The van der Waals surface area contributed by atoms with E-state index in [1.807, 2.05) is 36.4 Å². The third kappa shape index (κ3) is 3.52. The van der Waals surface area contributed by atoms with Crippen molar-refractivity contribution in [1.82, 2.24) is 0 Å². The summed E-state index contributed by atoms with van der Waals surface area (Å²) < 4.78 is 0. The molecule has 2 aromatic rings. The Balaban J connectivity index is 1.38. The number of aromatic hydroxyl groups is 1. The number of carboxylic acids is 1. The molecule has 0 radical (unpaired) electrons. The van der Waals surface area contributed by atoms with Crippen molar-refractivity contribution in [2.45, 2.75) is 43.9 Å². The highest BCUT2D eigenvalue weighted by Crippen LogP contribution is 2.62. The van der Waals surface area contributed by atoms with Crippen molar-refractivity contribution in [3.63, 3.8) is 0 Å². The second kappa shape index (κ2) is 6.94. The predicted molar refractivity (Wildman–Crippen MR) is 114 cm³/mol. The topological polar surface area (TPSA) is 69.6 Å². The number of hydrogen-bond donors (Lipinski definition) is 3. The summed E-state index contributed by atoms with van der Waals surface area (Å²) >= 11 is 0. The Kier molecular flexibility index (Phi) is 4.38. The monoisotopic (exact) mass is 389 g/mol. The molecular weight excluding hydrogens is 362 g/mol. The van der Waals surface area contributed by atoms with Crippen LogP contribution in [-0.2, 0) is 10.2 Å². The smallest absolute Gasteiger partial charge is 0.328 e. The Morgan fingerprint density at radius 3 is 2.10 bits per heavy atom. The number of rotatable bonds is 5. The maximum Gasteiger partial charge on any atom is 0.328 e. The summed E-state index contributed by atoms with van der Waals surface area (Å²) in [5.41, 5.74) is 4.06. The Labute approximate surface area is 171 Å². The van der Waals surface area contributed by atoms with Crippen LogP contribution < -0.4 is 5.32 Å². The lowest BCUT2D eigenvalue weighted by Crippen LogP contribution is -2.48. The molecule has 6 rings (SSSR count). The first-order chi connectivity index (χ1) is 14.0. The third-order valence-corrected chi connectivity index (χ3v) is 7.22. The lowest BCUT2D eigenvalue weighted by Gasteiger charge is -2.57. The number of benzene rings is 2. The van der Waals surface area contributed by atoms with Gasteiger partial charge in [0.25, 0.3) is 0 Å². The molecule has 0 aromatic heterocycles. The average Bonchev–Trinajstić information content (AvgIpc) is 2.68. The van der Waals surface area contributed by atoms with Crippen molar-refractivity contribution in [3.05, 3.63) is 59.7 Å². The average molecular weight is 389 g/mol. The van der Waals surface area contributed by atoms with Crippen molar-refractivity contribution in [2.75, 3.05) is 5.32 Å². The largest absolute Gasteiger partial charge is 0.508 e. The second-order valence-corrected chi connectivity index (χ2v) is 9.35. The number of aliphatic carboxylic acids is 1. The zero-order chi connectivity index (χ0) is 20.0. The van der Waals surface area contributed by atoms with E-state index in [2.05, 4.69) is 11.4 Å². The van der Waals surface area contributed by atoms with Crippen LogP contribution in [0, 0.1) is 17.8 Å². The van der Waals surface area contributed by atoms with Crippen LogP contribution in [0.4, 0.5) is 11.4 Å². The van der Waals surface area contributed by atoms with Crippen molar-refractivity contribution >= 4 is 23.4 Å². The van der Waals surface area contributed by atoms with Gasteiger partial charge in [0.2, 0.25) is 0 Å². The molecule has 0 unspecified atom stereocenters. The SMILES string of the molecule is O=C(O)C=Cc1ccc(Nc2ccc(O)c(C34CC5CC(CC(C5)C3)C4)c2)cc1. The van der Waals surface area contributed by atoms with Crippen LogP contribution >= 0.6 is 0 Å². The summed E-state index contributed by atoms with van der Waals surface area (Å²) in [6.07, 6.45) is 10.6. The molecule has 29 heavy (non-hydrogen) atoms. The molecule has 4 nitrogen and oxygen atoms in total. The number of anilines is 2. The van der Waals surface area contributed by atoms with Crippen LogP contribution in [0.3, 0.4) is 0 Å². The van der Waals surface area contributed by atoms with Crippen LogP contribution in [0.15, 0.2) is 48.5 Å². The number of phenols is 1. The molecule has 150 valence electrons. The minimum absolute atomic E-state index is 0.155. The molecule has 0 amide bonds. The van der Waals surface area contributed by atoms with Gasteiger partial charge in [0, 0.05) is 23.0 Å². The van der Waals surface area contributed by atoms with E-state index in [-0.39, 0.29) is 5.41 Å². The fraction of sp³-hybridized carbons (Fsp3) is 0.400. The van der Waals surface area contributed by atoms with Crippen molar-refractivity contribution in [2.24, 2.45) is 17.8 Å². The number of phenolic OH excluding ortho intramolecular Hbond substituents is 1. The number of carboxylic acid groups (broad SMARTS) is 1. The standard InChI is InChI=1S/C25H27NO3/c27-23-7-6-21(26-20-4-1-16(2-5-20)3-8-24(28)29)12-22(23)25-13-17-9-18(14-25)11-19(10-17)15-25/h1-8,12,17-19,26-27H,9-11,13-15H2,(H,28,29). The van der Waals surface area contributed by atoms with Crippen LogP contribution in [-0.4, -0.2) is 16.2 Å². The molecule has 4 aliphatic rings. The molecule has 4 fully saturated rings. The minimum atomic E-state index is -0.950. The van der Waals surface area contributed by atoms with Crippen molar-refractivity contribution in [3.8, 4) is 5.75 Å². The predicted octanol–water partition coefficient (Wildman–Crippen LogP) is 5.70. The molecular formula is C25H27NO3. The van der Waals surface area contributed by atoms with Gasteiger partial charge in [-0.25, -0.2) is 4.79 Å². The highest BCUT2D eigenvalue weighted by Gasteiger charge is 2.52. The Hall–Kier alpha value is -2.75. The summed E-state index contributed by atoms with van der Waals surface area (Å²) in [5, 5.41) is 22.9. The molecule has 0 saturated heterocycles. The zero-order valence-electron chi connectivity index (χ0n) is 16.5. The first-order valence-corrected chi connectivity index (χ1v) is 10.6. The molecule has 4 bridgehead atoms. The molecule has 0 aliphatic heterocycles. The van der Waals surface area contributed by atoms with Crippen LogP contribution in [0.2, 0.25) is 0 Å². The third-order valence-electron chi connectivity index (χ3n) is 7.22.